The highest BCUT2D eigenvalue weighted by Crippen LogP contribution is 2.25. The molecule has 5 nitrogen and oxygen atoms in total. The van der Waals surface area contributed by atoms with Crippen molar-refractivity contribution >= 4 is 27.5 Å². The number of hydrogen-bond donors (Lipinski definition) is 1. The Kier molecular flexibility index (Phi) is 6.40. The maximum absolute atomic E-state index is 12.6. The van der Waals surface area contributed by atoms with Gasteiger partial charge in [0.1, 0.15) is 4.83 Å². The number of aryl methyl sites for hydroxylation is 4. The van der Waals surface area contributed by atoms with Crippen molar-refractivity contribution in [2.75, 3.05) is 6.54 Å². The van der Waals surface area contributed by atoms with Gasteiger partial charge in [0.05, 0.1) is 11.7 Å². The topological polar surface area (TPSA) is 64.0 Å². The van der Waals surface area contributed by atoms with Crippen LogP contribution < -0.4 is 10.9 Å². The Labute approximate surface area is 163 Å². The molecule has 142 valence electrons. The van der Waals surface area contributed by atoms with Crippen molar-refractivity contribution < 1.29 is 4.79 Å². The molecule has 6 heteroatoms. The molecule has 3 rings (SSSR count). The molecule has 0 fully saturated rings. The largest absolute Gasteiger partial charge is 0.356 e. The molecule has 0 aliphatic carbocycles. The van der Waals surface area contributed by atoms with Crippen molar-refractivity contribution in [3.63, 3.8) is 0 Å². The second-order valence-electron chi connectivity index (χ2n) is 6.75. The van der Waals surface area contributed by atoms with E-state index in [1.165, 1.54) is 21.5 Å². The standard InChI is InChI=1S/C21H25N3O2S/c1-15-16(2)27-20-19(15)21(26)24(14-23-20)13-11-18(25)22-12-7-6-10-17-8-4-3-5-9-17/h3-5,8-9,14H,6-7,10-13H2,1-2H3,(H,22,25). The maximum atomic E-state index is 12.6. The predicted octanol–water partition coefficient (Wildman–Crippen LogP) is 3.60. The molecule has 0 atom stereocenters. The summed E-state index contributed by atoms with van der Waals surface area (Å²) in [5.41, 5.74) is 2.26. The van der Waals surface area contributed by atoms with Crippen LogP contribution >= 0.6 is 11.3 Å². The Morgan fingerprint density at radius 1 is 1.19 bits per heavy atom. The Hall–Kier alpha value is -2.47. The molecule has 0 radical (unpaired) electrons. The van der Waals surface area contributed by atoms with Gasteiger partial charge >= 0.3 is 0 Å². The van der Waals surface area contributed by atoms with E-state index in [-0.39, 0.29) is 17.9 Å². The van der Waals surface area contributed by atoms with E-state index in [9.17, 15) is 9.59 Å². The van der Waals surface area contributed by atoms with E-state index >= 15 is 0 Å². The van der Waals surface area contributed by atoms with Gasteiger partial charge in [-0.05, 0) is 44.2 Å². The number of fused-ring (bicyclic) bond motifs is 1. The van der Waals surface area contributed by atoms with E-state index in [4.69, 9.17) is 0 Å². The zero-order valence-corrected chi connectivity index (χ0v) is 16.6. The molecule has 1 N–H and O–H groups in total. The van der Waals surface area contributed by atoms with Crippen molar-refractivity contribution in [2.24, 2.45) is 0 Å². The maximum Gasteiger partial charge on any atom is 0.262 e. The average Bonchev–Trinajstić information content (AvgIpc) is 2.96. The van der Waals surface area contributed by atoms with Gasteiger partial charge in [-0.3, -0.25) is 14.2 Å². The highest BCUT2D eigenvalue weighted by atomic mass is 32.1. The SMILES string of the molecule is Cc1sc2ncn(CCC(=O)NCCCCc3ccccc3)c(=O)c2c1C. The number of benzene rings is 1. The lowest BCUT2D eigenvalue weighted by molar-refractivity contribution is -0.121. The molecule has 0 spiro atoms. The number of nitrogens with zero attached hydrogens (tertiary/aromatic N) is 2. The molecule has 0 bridgehead atoms. The van der Waals surface area contributed by atoms with Gasteiger partial charge < -0.3 is 5.32 Å². The summed E-state index contributed by atoms with van der Waals surface area (Å²) in [6.45, 7) is 4.97. The third kappa shape index (κ3) is 4.83. The monoisotopic (exact) mass is 383 g/mol. The molecule has 1 aromatic carbocycles. The van der Waals surface area contributed by atoms with E-state index < -0.39 is 0 Å². The number of aromatic nitrogens is 2. The van der Waals surface area contributed by atoms with Gasteiger partial charge in [-0.15, -0.1) is 11.3 Å². The van der Waals surface area contributed by atoms with Crippen LogP contribution in [0.2, 0.25) is 0 Å². The number of nitrogens with one attached hydrogen (secondary N) is 1. The first-order valence-corrected chi connectivity index (χ1v) is 10.1. The second-order valence-corrected chi connectivity index (χ2v) is 7.95. The first kappa shape index (κ1) is 19.3. The van der Waals surface area contributed by atoms with Gasteiger partial charge in [0.2, 0.25) is 5.91 Å². The normalized spacial score (nSPS) is 11.0. The van der Waals surface area contributed by atoms with Crippen LogP contribution in [0, 0.1) is 13.8 Å². The lowest BCUT2D eigenvalue weighted by atomic mass is 10.1. The summed E-state index contributed by atoms with van der Waals surface area (Å²) < 4.78 is 1.54. The average molecular weight is 384 g/mol. The van der Waals surface area contributed by atoms with Crippen LogP contribution in [0.4, 0.5) is 0 Å². The molecular weight excluding hydrogens is 358 g/mol. The first-order valence-electron chi connectivity index (χ1n) is 9.32. The number of hydrogen-bond acceptors (Lipinski definition) is 4. The van der Waals surface area contributed by atoms with Crippen LogP contribution in [0.3, 0.4) is 0 Å². The molecule has 0 aliphatic rings. The highest BCUT2D eigenvalue weighted by Gasteiger charge is 2.12. The molecule has 0 saturated heterocycles. The zero-order chi connectivity index (χ0) is 19.2. The van der Waals surface area contributed by atoms with Crippen LogP contribution in [0.5, 0.6) is 0 Å². The predicted molar refractivity (Wildman–Crippen MR) is 110 cm³/mol. The molecule has 27 heavy (non-hydrogen) atoms. The van der Waals surface area contributed by atoms with Gasteiger partial charge in [0.25, 0.3) is 5.56 Å². The minimum absolute atomic E-state index is 0.0278. The minimum atomic E-state index is -0.0579. The number of thiophene rings is 1. The number of carbonyl (C=O) groups excluding carboxylic acids is 1. The minimum Gasteiger partial charge on any atom is -0.356 e. The number of carbonyl (C=O) groups is 1. The van der Waals surface area contributed by atoms with E-state index in [2.05, 4.69) is 22.4 Å². The summed E-state index contributed by atoms with van der Waals surface area (Å²) in [6.07, 6.45) is 4.85. The molecule has 0 unspecified atom stereocenters. The summed E-state index contributed by atoms with van der Waals surface area (Å²) >= 11 is 1.54. The lowest BCUT2D eigenvalue weighted by Gasteiger charge is -2.07. The fourth-order valence-electron chi connectivity index (χ4n) is 3.07. The highest BCUT2D eigenvalue weighted by molar-refractivity contribution is 7.18. The summed E-state index contributed by atoms with van der Waals surface area (Å²) in [5.74, 6) is -0.0278. The van der Waals surface area contributed by atoms with Crippen molar-refractivity contribution in [2.45, 2.75) is 46.1 Å². The van der Waals surface area contributed by atoms with Gasteiger partial charge in [0, 0.05) is 24.4 Å². The summed E-state index contributed by atoms with van der Waals surface area (Å²) in [5, 5.41) is 3.62. The summed E-state index contributed by atoms with van der Waals surface area (Å²) in [7, 11) is 0. The quantitative estimate of drug-likeness (QED) is 0.605. The molecule has 2 aromatic heterocycles. The van der Waals surface area contributed by atoms with Gasteiger partial charge in [0.15, 0.2) is 0 Å². The van der Waals surface area contributed by atoms with Crippen molar-refractivity contribution in [3.05, 3.63) is 63.0 Å². The Morgan fingerprint density at radius 3 is 2.74 bits per heavy atom. The van der Waals surface area contributed by atoms with Crippen LogP contribution in [0.15, 0.2) is 41.5 Å². The van der Waals surface area contributed by atoms with Crippen molar-refractivity contribution in [3.8, 4) is 0 Å². The second kappa shape index (κ2) is 8.95. The Balaban J connectivity index is 1.44. The Morgan fingerprint density at radius 2 is 1.96 bits per heavy atom. The third-order valence-electron chi connectivity index (χ3n) is 4.79. The fourth-order valence-corrected chi connectivity index (χ4v) is 4.05. The fraction of sp³-hybridized carbons (Fsp3) is 0.381. The molecule has 1 amide bonds. The Bertz CT molecular complexity index is 976. The number of rotatable bonds is 8. The molecule has 2 heterocycles. The number of unbranched alkanes of at least 4 members (excludes halogenated alkanes) is 1. The van der Waals surface area contributed by atoms with Crippen LogP contribution in [-0.4, -0.2) is 22.0 Å². The van der Waals surface area contributed by atoms with Gasteiger partial charge in [-0.1, -0.05) is 30.3 Å². The first-order chi connectivity index (χ1) is 13.1. The molecule has 0 aliphatic heterocycles. The van der Waals surface area contributed by atoms with Gasteiger partial charge in [-0.25, -0.2) is 4.98 Å². The van der Waals surface area contributed by atoms with Crippen LogP contribution in [0.25, 0.3) is 10.2 Å². The molecule has 3 aromatic rings. The zero-order valence-electron chi connectivity index (χ0n) is 15.8. The van der Waals surface area contributed by atoms with Crippen molar-refractivity contribution in [1.82, 2.24) is 14.9 Å². The summed E-state index contributed by atoms with van der Waals surface area (Å²) in [4.78, 5) is 30.9. The summed E-state index contributed by atoms with van der Waals surface area (Å²) in [6, 6.07) is 10.4. The number of amides is 1. The van der Waals surface area contributed by atoms with Crippen LogP contribution in [0.1, 0.15) is 35.3 Å². The van der Waals surface area contributed by atoms with E-state index in [0.29, 0.717) is 18.5 Å². The molecule has 0 saturated carbocycles. The van der Waals surface area contributed by atoms with Crippen LogP contribution in [-0.2, 0) is 17.8 Å². The van der Waals surface area contributed by atoms with Gasteiger partial charge in [-0.2, -0.15) is 0 Å². The smallest absolute Gasteiger partial charge is 0.262 e. The molecular formula is C21H25N3O2S. The van der Waals surface area contributed by atoms with E-state index in [0.717, 1.165) is 34.5 Å². The van der Waals surface area contributed by atoms with E-state index in [1.54, 1.807) is 6.33 Å². The van der Waals surface area contributed by atoms with Crippen molar-refractivity contribution in [1.29, 1.82) is 0 Å². The third-order valence-corrected chi connectivity index (χ3v) is 5.91. The lowest BCUT2D eigenvalue weighted by Crippen LogP contribution is -2.28. The van der Waals surface area contributed by atoms with E-state index in [1.807, 2.05) is 32.0 Å².